The molecule has 3 rings (SSSR count). The van der Waals surface area contributed by atoms with Crippen LogP contribution in [0.4, 0.5) is 0 Å². The van der Waals surface area contributed by atoms with Gasteiger partial charge < -0.3 is 9.05 Å². The normalized spacial score (nSPS) is 11.7. The summed E-state index contributed by atoms with van der Waals surface area (Å²) >= 11 is 0. The Hall–Kier alpha value is -2.44. The summed E-state index contributed by atoms with van der Waals surface area (Å²) in [5, 5.41) is 0.975. The lowest BCUT2D eigenvalue weighted by Crippen LogP contribution is -2.15. The largest absolute Gasteiger partial charge is 0.440 e. The van der Waals surface area contributed by atoms with Gasteiger partial charge in [-0.25, -0.2) is 0 Å². The third-order valence-electron chi connectivity index (χ3n) is 4.79. The van der Waals surface area contributed by atoms with E-state index < -0.39 is 7.34 Å². The van der Waals surface area contributed by atoms with Crippen molar-refractivity contribution in [1.29, 1.82) is 0 Å². The Bertz CT molecular complexity index is 899. The van der Waals surface area contributed by atoms with Crippen molar-refractivity contribution in [2.75, 3.05) is 0 Å². The van der Waals surface area contributed by atoms with Gasteiger partial charge >= 0.3 is 0 Å². The van der Waals surface area contributed by atoms with Crippen LogP contribution < -0.4 is 14.4 Å². The second kappa shape index (κ2) is 10.0. The molecule has 0 N–H and O–H groups in total. The number of benzene rings is 3. The van der Waals surface area contributed by atoms with E-state index in [2.05, 4.69) is 58.3 Å². The van der Waals surface area contributed by atoms with E-state index in [4.69, 9.17) is 9.05 Å². The van der Waals surface area contributed by atoms with Crippen LogP contribution in [0.1, 0.15) is 38.8 Å². The van der Waals surface area contributed by atoms with E-state index >= 15 is 0 Å². The molecule has 0 aliphatic heterocycles. The average molecular weight is 421 g/mol. The Morgan fingerprint density at radius 1 is 0.633 bits per heavy atom. The van der Waals surface area contributed by atoms with Crippen LogP contribution >= 0.6 is 7.34 Å². The summed E-state index contributed by atoms with van der Waals surface area (Å²) in [6.07, 6.45) is 6.56. The third-order valence-corrected chi connectivity index (χ3v) is 6.89. The molecule has 0 aromatic heterocycles. The molecule has 0 amide bonds. The van der Waals surface area contributed by atoms with Gasteiger partial charge in [-0.15, -0.1) is 0 Å². The first-order valence-electron chi connectivity index (χ1n) is 10.7. The summed E-state index contributed by atoms with van der Waals surface area (Å²) in [4.78, 5) is 0. The molecule has 0 atom stereocenters. The maximum atomic E-state index is 6.42. The monoisotopic (exact) mass is 420 g/mol. The SMILES string of the molecule is C=P(Oc1ccc(CC(C)C)cc1)(Oc1ccc(CC(C)C)cc1)c1ccccc1. The third kappa shape index (κ3) is 6.28. The molecule has 0 heterocycles. The first-order chi connectivity index (χ1) is 14.3. The summed E-state index contributed by atoms with van der Waals surface area (Å²) in [5.41, 5.74) is 2.62. The molecule has 0 saturated carbocycles. The second-order valence-corrected chi connectivity index (χ2v) is 10.9. The van der Waals surface area contributed by atoms with Crippen LogP contribution in [0.25, 0.3) is 0 Å². The van der Waals surface area contributed by atoms with Crippen LogP contribution in [-0.2, 0) is 12.8 Å². The quantitative estimate of drug-likeness (QED) is 0.342. The predicted octanol–water partition coefficient (Wildman–Crippen LogP) is 7.15. The first kappa shape index (κ1) is 22.2. The van der Waals surface area contributed by atoms with E-state index in [0.717, 1.165) is 29.6 Å². The summed E-state index contributed by atoms with van der Waals surface area (Å²) in [6, 6.07) is 26.7. The van der Waals surface area contributed by atoms with Crippen LogP contribution in [-0.4, -0.2) is 6.30 Å². The lowest BCUT2D eigenvalue weighted by Gasteiger charge is -2.26. The van der Waals surface area contributed by atoms with E-state index in [0.29, 0.717) is 11.8 Å². The van der Waals surface area contributed by atoms with Gasteiger partial charge in [0.15, 0.2) is 0 Å². The Labute approximate surface area is 182 Å². The highest BCUT2D eigenvalue weighted by molar-refractivity contribution is 7.72. The van der Waals surface area contributed by atoms with Gasteiger partial charge in [-0.1, -0.05) is 70.2 Å². The molecule has 30 heavy (non-hydrogen) atoms. The highest BCUT2D eigenvalue weighted by Crippen LogP contribution is 2.47. The van der Waals surface area contributed by atoms with Crippen LogP contribution in [0.3, 0.4) is 0 Å². The van der Waals surface area contributed by atoms with Gasteiger partial charge in [-0.05, 0) is 78.5 Å². The predicted molar refractivity (Wildman–Crippen MR) is 131 cm³/mol. The maximum Gasteiger partial charge on any atom is 0.245 e. The summed E-state index contributed by atoms with van der Waals surface area (Å²) in [6.45, 7) is 8.92. The van der Waals surface area contributed by atoms with E-state index in [1.807, 2.05) is 54.6 Å². The van der Waals surface area contributed by atoms with Crippen molar-refractivity contribution in [2.24, 2.45) is 11.8 Å². The van der Waals surface area contributed by atoms with Gasteiger partial charge in [-0.2, -0.15) is 0 Å². The summed E-state index contributed by atoms with van der Waals surface area (Å²) < 4.78 is 12.8. The molecule has 0 aliphatic rings. The Balaban J connectivity index is 1.84. The van der Waals surface area contributed by atoms with Crippen molar-refractivity contribution < 1.29 is 9.05 Å². The molecule has 3 heteroatoms. The van der Waals surface area contributed by atoms with Crippen molar-refractivity contribution >= 4 is 18.9 Å². The van der Waals surface area contributed by atoms with E-state index in [9.17, 15) is 0 Å². The van der Waals surface area contributed by atoms with Crippen LogP contribution in [0.5, 0.6) is 11.5 Å². The standard InChI is InChI=1S/C27H33O2P/c1-21(2)19-23-11-15-25(16-12-23)28-30(5,27-9-7-6-8-10-27)29-26-17-13-24(14-18-26)20-22(3)4/h6-18,21-22H,5,19-20H2,1-4H3. The molecule has 158 valence electrons. The Morgan fingerprint density at radius 2 is 1.03 bits per heavy atom. The van der Waals surface area contributed by atoms with Gasteiger partial charge in [0, 0.05) is 5.30 Å². The smallest absolute Gasteiger partial charge is 0.245 e. The molecule has 0 radical (unpaired) electrons. The zero-order valence-corrected chi connectivity index (χ0v) is 19.4. The fraction of sp³-hybridized carbons (Fsp3) is 0.296. The minimum absolute atomic E-state index is 0.627. The van der Waals surface area contributed by atoms with Crippen molar-refractivity contribution in [3.05, 3.63) is 90.0 Å². The molecular formula is C27H33O2P. The second-order valence-electron chi connectivity index (χ2n) is 8.68. The first-order valence-corrected chi connectivity index (χ1v) is 12.5. The molecule has 0 unspecified atom stereocenters. The number of rotatable bonds is 9. The number of hydrogen-bond donors (Lipinski definition) is 0. The van der Waals surface area contributed by atoms with Crippen LogP contribution in [0.15, 0.2) is 78.9 Å². The van der Waals surface area contributed by atoms with E-state index in [1.165, 1.54) is 11.1 Å². The van der Waals surface area contributed by atoms with Crippen LogP contribution in [0, 0.1) is 11.8 Å². The number of hydrogen-bond acceptors (Lipinski definition) is 2. The van der Waals surface area contributed by atoms with Gasteiger partial charge in [0.25, 0.3) is 0 Å². The lowest BCUT2D eigenvalue weighted by atomic mass is 10.0. The Morgan fingerprint density at radius 3 is 1.40 bits per heavy atom. The van der Waals surface area contributed by atoms with E-state index in [-0.39, 0.29) is 0 Å². The zero-order chi connectivity index (χ0) is 21.6. The molecule has 0 fully saturated rings. The minimum Gasteiger partial charge on any atom is -0.440 e. The zero-order valence-electron chi connectivity index (χ0n) is 18.5. The van der Waals surface area contributed by atoms with Gasteiger partial charge in [0.1, 0.15) is 11.5 Å². The Kier molecular flexibility index (Phi) is 7.45. The summed E-state index contributed by atoms with van der Waals surface area (Å²) in [5.74, 6) is 2.82. The molecule has 2 nitrogen and oxygen atoms in total. The molecule has 3 aromatic rings. The molecule has 0 aliphatic carbocycles. The molecule has 0 spiro atoms. The molecule has 3 aromatic carbocycles. The molecule has 0 saturated heterocycles. The molecular weight excluding hydrogens is 387 g/mol. The maximum absolute atomic E-state index is 6.42. The lowest BCUT2D eigenvalue weighted by molar-refractivity contribution is 0.496. The average Bonchev–Trinajstić information content (AvgIpc) is 2.71. The van der Waals surface area contributed by atoms with Gasteiger partial charge in [0.2, 0.25) is 7.34 Å². The van der Waals surface area contributed by atoms with Crippen LogP contribution in [0.2, 0.25) is 0 Å². The van der Waals surface area contributed by atoms with Crippen molar-refractivity contribution in [2.45, 2.75) is 40.5 Å². The van der Waals surface area contributed by atoms with Crippen molar-refractivity contribution in [3.63, 3.8) is 0 Å². The van der Waals surface area contributed by atoms with Crippen molar-refractivity contribution in [1.82, 2.24) is 0 Å². The summed E-state index contributed by atoms with van der Waals surface area (Å²) in [7, 11) is -2.60. The minimum atomic E-state index is -2.60. The highest BCUT2D eigenvalue weighted by atomic mass is 31.2. The fourth-order valence-electron chi connectivity index (χ4n) is 3.44. The van der Waals surface area contributed by atoms with E-state index in [1.54, 1.807) is 0 Å². The highest BCUT2D eigenvalue weighted by Gasteiger charge is 2.22. The van der Waals surface area contributed by atoms with Crippen molar-refractivity contribution in [3.8, 4) is 11.5 Å². The van der Waals surface area contributed by atoms with Gasteiger partial charge in [-0.3, -0.25) is 0 Å². The molecule has 0 bridgehead atoms. The topological polar surface area (TPSA) is 18.5 Å². The fourth-order valence-corrected chi connectivity index (χ4v) is 5.23. The van der Waals surface area contributed by atoms with Gasteiger partial charge in [0.05, 0.1) is 0 Å².